The molecule has 5 heteroatoms. The molecule has 21 heavy (non-hydrogen) atoms. The van der Waals surface area contributed by atoms with Crippen LogP contribution in [0.3, 0.4) is 0 Å². The van der Waals surface area contributed by atoms with Gasteiger partial charge in [-0.25, -0.2) is 0 Å². The lowest BCUT2D eigenvalue weighted by atomic mass is 9.69. The van der Waals surface area contributed by atoms with E-state index in [2.05, 4.69) is 27.3 Å². The molecule has 3 unspecified atom stereocenters. The van der Waals surface area contributed by atoms with Crippen molar-refractivity contribution in [3.05, 3.63) is 33.8 Å². The second kappa shape index (κ2) is 4.73. The number of aliphatic hydroxyl groups is 1. The number of hydrogen-bond acceptors (Lipinski definition) is 4. The van der Waals surface area contributed by atoms with Crippen LogP contribution in [0.2, 0.25) is 0 Å². The van der Waals surface area contributed by atoms with Crippen LogP contribution in [-0.2, 0) is 12.0 Å². The van der Waals surface area contributed by atoms with E-state index in [4.69, 9.17) is 9.47 Å². The number of halogens is 1. The molecular weight excluding hydrogens is 334 g/mol. The van der Waals surface area contributed by atoms with Gasteiger partial charge >= 0.3 is 0 Å². The Balaban J connectivity index is 2.00. The van der Waals surface area contributed by atoms with E-state index in [0.29, 0.717) is 6.42 Å². The van der Waals surface area contributed by atoms with E-state index in [1.165, 1.54) is 11.1 Å². The molecule has 112 valence electrons. The molecule has 0 saturated carbocycles. The smallest absolute Gasteiger partial charge is 0.166 e. The molecule has 1 aromatic carbocycles. The first-order valence-electron chi connectivity index (χ1n) is 7.30. The third kappa shape index (κ3) is 1.81. The Kier molecular flexibility index (Phi) is 3.07. The summed E-state index contributed by atoms with van der Waals surface area (Å²) in [5, 5.41) is 13.5. The molecule has 0 radical (unpaired) electrons. The highest BCUT2D eigenvalue weighted by Gasteiger charge is 2.52. The molecule has 3 atom stereocenters. The molecule has 1 aliphatic carbocycles. The zero-order valence-corrected chi connectivity index (χ0v) is 13.4. The summed E-state index contributed by atoms with van der Waals surface area (Å²) >= 11 is 3.67. The highest BCUT2D eigenvalue weighted by molar-refractivity contribution is 9.10. The summed E-state index contributed by atoms with van der Waals surface area (Å²) in [7, 11) is 1.67. The van der Waals surface area contributed by atoms with Crippen molar-refractivity contribution >= 4 is 15.9 Å². The van der Waals surface area contributed by atoms with Gasteiger partial charge in [-0.05, 0) is 24.6 Å². The fraction of sp³-hybridized carbons (Fsp3) is 0.500. The lowest BCUT2D eigenvalue weighted by Gasteiger charge is -2.35. The summed E-state index contributed by atoms with van der Waals surface area (Å²) in [4.78, 5) is 0. The zero-order valence-electron chi connectivity index (χ0n) is 11.9. The molecule has 3 aliphatic rings. The average Bonchev–Trinajstić information content (AvgIpc) is 2.67. The van der Waals surface area contributed by atoms with E-state index in [0.717, 1.165) is 35.5 Å². The SMILES string of the molecule is COc1cc(Br)c2c3c1OC1CC(O)C=CC31CCNC2. The number of hydrogen-bond donors (Lipinski definition) is 2. The fourth-order valence-corrected chi connectivity index (χ4v) is 4.44. The third-order valence-corrected chi connectivity index (χ3v) is 5.61. The van der Waals surface area contributed by atoms with Crippen LogP contribution in [0.1, 0.15) is 24.0 Å². The van der Waals surface area contributed by atoms with Gasteiger partial charge in [0.2, 0.25) is 0 Å². The summed E-state index contributed by atoms with van der Waals surface area (Å²) in [6, 6.07) is 1.98. The summed E-state index contributed by atoms with van der Waals surface area (Å²) in [5.41, 5.74) is 2.32. The Morgan fingerprint density at radius 1 is 1.52 bits per heavy atom. The molecule has 1 aromatic rings. The quantitative estimate of drug-likeness (QED) is 0.762. The summed E-state index contributed by atoms with van der Waals surface area (Å²) in [5.74, 6) is 1.61. The first-order chi connectivity index (χ1) is 10.2. The van der Waals surface area contributed by atoms with Crippen molar-refractivity contribution in [2.75, 3.05) is 13.7 Å². The van der Waals surface area contributed by atoms with Gasteiger partial charge in [-0.1, -0.05) is 28.1 Å². The Bertz CT molecular complexity index is 630. The van der Waals surface area contributed by atoms with E-state index in [1.54, 1.807) is 7.11 Å². The van der Waals surface area contributed by atoms with Crippen LogP contribution in [0.4, 0.5) is 0 Å². The van der Waals surface area contributed by atoms with Crippen molar-refractivity contribution in [1.29, 1.82) is 0 Å². The fourth-order valence-electron chi connectivity index (χ4n) is 3.90. The van der Waals surface area contributed by atoms with Crippen molar-refractivity contribution in [2.24, 2.45) is 0 Å². The van der Waals surface area contributed by atoms with Gasteiger partial charge in [-0.2, -0.15) is 0 Å². The van der Waals surface area contributed by atoms with E-state index in [9.17, 15) is 5.11 Å². The monoisotopic (exact) mass is 351 g/mol. The number of methoxy groups -OCH3 is 1. The summed E-state index contributed by atoms with van der Waals surface area (Å²) in [6.45, 7) is 1.75. The Morgan fingerprint density at radius 3 is 3.19 bits per heavy atom. The van der Waals surface area contributed by atoms with Gasteiger partial charge in [0.1, 0.15) is 6.10 Å². The van der Waals surface area contributed by atoms with Crippen LogP contribution in [0.5, 0.6) is 11.5 Å². The maximum atomic E-state index is 9.96. The molecule has 2 heterocycles. The molecule has 4 rings (SSSR count). The predicted octanol–water partition coefficient (Wildman–Crippen LogP) is 2.27. The molecule has 2 N–H and O–H groups in total. The molecule has 0 bridgehead atoms. The maximum absolute atomic E-state index is 9.96. The van der Waals surface area contributed by atoms with Crippen LogP contribution in [0, 0.1) is 0 Å². The molecule has 2 aliphatic heterocycles. The van der Waals surface area contributed by atoms with Crippen LogP contribution >= 0.6 is 15.9 Å². The molecule has 1 spiro atoms. The first-order valence-corrected chi connectivity index (χ1v) is 8.09. The average molecular weight is 352 g/mol. The maximum Gasteiger partial charge on any atom is 0.166 e. The molecule has 0 fully saturated rings. The lowest BCUT2D eigenvalue weighted by molar-refractivity contribution is 0.0851. The van der Waals surface area contributed by atoms with Gasteiger partial charge in [0.25, 0.3) is 0 Å². The summed E-state index contributed by atoms with van der Waals surface area (Å²) in [6.07, 6.45) is 5.22. The van der Waals surface area contributed by atoms with Crippen molar-refractivity contribution in [1.82, 2.24) is 5.32 Å². The standard InChI is InChI=1S/C16H18BrNO3/c1-20-12-7-11(17)10-8-18-5-4-16-3-2-9(19)6-13(16)21-15(12)14(10)16/h2-3,7,9,13,18-19H,4-6,8H2,1H3. The van der Waals surface area contributed by atoms with Crippen molar-refractivity contribution < 1.29 is 14.6 Å². The van der Waals surface area contributed by atoms with E-state index in [1.807, 2.05) is 12.1 Å². The minimum Gasteiger partial charge on any atom is -0.493 e. The normalized spacial score (nSPS) is 32.9. The topological polar surface area (TPSA) is 50.7 Å². The van der Waals surface area contributed by atoms with Gasteiger partial charge < -0.3 is 19.9 Å². The zero-order chi connectivity index (χ0) is 14.6. The molecule has 0 saturated heterocycles. The molecule has 4 nitrogen and oxygen atoms in total. The van der Waals surface area contributed by atoms with Gasteiger partial charge in [-0.15, -0.1) is 0 Å². The van der Waals surface area contributed by atoms with Gasteiger partial charge in [0, 0.05) is 23.0 Å². The summed E-state index contributed by atoms with van der Waals surface area (Å²) < 4.78 is 12.8. The van der Waals surface area contributed by atoms with Crippen LogP contribution < -0.4 is 14.8 Å². The highest BCUT2D eigenvalue weighted by Crippen LogP contribution is 2.56. The largest absolute Gasteiger partial charge is 0.493 e. The van der Waals surface area contributed by atoms with E-state index < -0.39 is 6.10 Å². The van der Waals surface area contributed by atoms with E-state index in [-0.39, 0.29) is 11.5 Å². The number of benzene rings is 1. The number of rotatable bonds is 1. The molecule has 0 amide bonds. The van der Waals surface area contributed by atoms with Crippen molar-refractivity contribution in [3.8, 4) is 11.5 Å². The van der Waals surface area contributed by atoms with Crippen molar-refractivity contribution in [3.63, 3.8) is 0 Å². The van der Waals surface area contributed by atoms with E-state index >= 15 is 0 Å². The van der Waals surface area contributed by atoms with Gasteiger partial charge in [-0.3, -0.25) is 0 Å². The molecular formula is C16H18BrNO3. The minimum absolute atomic E-state index is 0.0191. The van der Waals surface area contributed by atoms with Gasteiger partial charge in [0.15, 0.2) is 11.5 Å². The predicted molar refractivity (Wildman–Crippen MR) is 82.9 cm³/mol. The number of aliphatic hydroxyl groups excluding tert-OH is 1. The second-order valence-electron chi connectivity index (χ2n) is 5.98. The number of nitrogens with one attached hydrogen (secondary N) is 1. The van der Waals surface area contributed by atoms with Crippen LogP contribution in [0.25, 0.3) is 0 Å². The molecule has 0 aromatic heterocycles. The first kappa shape index (κ1) is 13.6. The van der Waals surface area contributed by atoms with Crippen LogP contribution in [0.15, 0.2) is 22.7 Å². The Morgan fingerprint density at radius 2 is 2.38 bits per heavy atom. The Hall–Kier alpha value is -1.04. The second-order valence-corrected chi connectivity index (χ2v) is 6.83. The number of ether oxygens (including phenoxy) is 2. The lowest BCUT2D eigenvalue weighted by Crippen LogP contribution is -2.42. The van der Waals surface area contributed by atoms with Crippen molar-refractivity contribution in [2.45, 2.75) is 37.0 Å². The highest BCUT2D eigenvalue weighted by atomic mass is 79.9. The third-order valence-electron chi connectivity index (χ3n) is 4.91. The minimum atomic E-state index is -0.427. The van der Waals surface area contributed by atoms with Gasteiger partial charge in [0.05, 0.1) is 18.6 Å². The Labute approximate surface area is 132 Å². The van der Waals surface area contributed by atoms with Crippen LogP contribution in [-0.4, -0.2) is 31.0 Å².